The minimum absolute atomic E-state index is 0.0301. The molecule has 0 saturated carbocycles. The highest BCUT2D eigenvalue weighted by Gasteiger charge is 2.33. The van der Waals surface area contributed by atoms with Crippen molar-refractivity contribution in [2.24, 2.45) is 0 Å². The number of allylic oxidation sites excluding steroid dienone is 4. The van der Waals surface area contributed by atoms with Gasteiger partial charge >= 0.3 is 5.97 Å². The number of rotatable bonds is 7. The highest BCUT2D eigenvalue weighted by molar-refractivity contribution is 6.03. The quantitative estimate of drug-likeness (QED) is 0.630. The van der Waals surface area contributed by atoms with Crippen LogP contribution in [0.3, 0.4) is 0 Å². The predicted octanol–water partition coefficient (Wildman–Crippen LogP) is 2.06. The third-order valence-electron chi connectivity index (χ3n) is 5.35. The number of imide groups is 1. The van der Waals surface area contributed by atoms with E-state index in [-0.39, 0.29) is 30.7 Å². The highest BCUT2D eigenvalue weighted by Crippen LogP contribution is 2.19. The number of fused-ring (bicyclic) bond motifs is 1. The molecular weight excluding hydrogens is 436 g/mol. The average molecular weight is 460 g/mol. The van der Waals surface area contributed by atoms with Gasteiger partial charge in [-0.2, -0.15) is 0 Å². The third kappa shape index (κ3) is 5.74. The SMILES string of the molecule is O=C(Cc1cnc2ccc(C(=O)ON3C(=O)CCC3=O)cc2c1)NCCN1\C=C/C=C\C=C/C1. The molecule has 9 heteroatoms. The summed E-state index contributed by atoms with van der Waals surface area (Å²) in [5.74, 6) is -2.01. The zero-order valence-corrected chi connectivity index (χ0v) is 18.5. The lowest BCUT2D eigenvalue weighted by Gasteiger charge is -2.19. The maximum absolute atomic E-state index is 12.4. The van der Waals surface area contributed by atoms with Gasteiger partial charge in [0.1, 0.15) is 0 Å². The van der Waals surface area contributed by atoms with Crippen LogP contribution in [-0.4, -0.2) is 58.3 Å². The number of hydroxylamine groups is 2. The average Bonchev–Trinajstić information content (AvgIpc) is 3.12. The third-order valence-corrected chi connectivity index (χ3v) is 5.35. The molecule has 0 atom stereocenters. The normalized spacial score (nSPS) is 18.4. The van der Waals surface area contributed by atoms with E-state index in [1.165, 1.54) is 6.07 Å². The van der Waals surface area contributed by atoms with E-state index in [1.807, 2.05) is 36.6 Å². The van der Waals surface area contributed by atoms with Crippen LogP contribution in [0.5, 0.6) is 0 Å². The Balaban J connectivity index is 1.35. The summed E-state index contributed by atoms with van der Waals surface area (Å²) >= 11 is 0. The molecule has 0 spiro atoms. The number of aromatic nitrogens is 1. The van der Waals surface area contributed by atoms with Gasteiger partial charge in [-0.1, -0.05) is 24.3 Å². The molecule has 2 aliphatic heterocycles. The second-order valence-electron chi connectivity index (χ2n) is 7.89. The predicted molar refractivity (Wildman–Crippen MR) is 124 cm³/mol. The van der Waals surface area contributed by atoms with Gasteiger partial charge in [-0.3, -0.25) is 19.4 Å². The lowest BCUT2D eigenvalue weighted by molar-refractivity contribution is -0.172. The van der Waals surface area contributed by atoms with E-state index in [2.05, 4.69) is 15.2 Å². The first-order chi connectivity index (χ1) is 16.5. The monoisotopic (exact) mass is 460 g/mol. The number of amides is 3. The van der Waals surface area contributed by atoms with Gasteiger partial charge in [-0.15, -0.1) is 5.06 Å². The number of hydrogen-bond donors (Lipinski definition) is 1. The minimum Gasteiger partial charge on any atom is -0.372 e. The zero-order valence-electron chi connectivity index (χ0n) is 18.5. The van der Waals surface area contributed by atoms with Gasteiger partial charge in [0.25, 0.3) is 11.8 Å². The molecule has 2 aliphatic rings. The van der Waals surface area contributed by atoms with Gasteiger partial charge in [-0.05, 0) is 42.1 Å². The van der Waals surface area contributed by atoms with Crippen molar-refractivity contribution in [2.75, 3.05) is 19.6 Å². The Bertz CT molecular complexity index is 1200. The summed E-state index contributed by atoms with van der Waals surface area (Å²) in [6, 6.07) is 6.50. The Morgan fingerprint density at radius 3 is 2.65 bits per heavy atom. The van der Waals surface area contributed by atoms with E-state index < -0.39 is 17.8 Å². The van der Waals surface area contributed by atoms with Gasteiger partial charge in [0.15, 0.2) is 0 Å². The first-order valence-electron chi connectivity index (χ1n) is 11.0. The van der Waals surface area contributed by atoms with Crippen LogP contribution in [-0.2, 0) is 25.6 Å². The fourth-order valence-corrected chi connectivity index (χ4v) is 3.58. The van der Waals surface area contributed by atoms with Crippen molar-refractivity contribution in [1.82, 2.24) is 20.3 Å². The first kappa shape index (κ1) is 22.9. The summed E-state index contributed by atoms with van der Waals surface area (Å²) < 4.78 is 0. The molecule has 34 heavy (non-hydrogen) atoms. The van der Waals surface area contributed by atoms with Crippen LogP contribution in [0.15, 0.2) is 67.0 Å². The Morgan fingerprint density at radius 1 is 1.03 bits per heavy atom. The lowest BCUT2D eigenvalue weighted by Crippen LogP contribution is -2.33. The smallest absolute Gasteiger partial charge is 0.363 e. The van der Waals surface area contributed by atoms with Gasteiger partial charge in [0.05, 0.1) is 17.5 Å². The van der Waals surface area contributed by atoms with Crippen LogP contribution in [0.25, 0.3) is 10.9 Å². The summed E-state index contributed by atoms with van der Waals surface area (Å²) in [5.41, 5.74) is 1.51. The van der Waals surface area contributed by atoms with E-state index >= 15 is 0 Å². The summed E-state index contributed by atoms with van der Waals surface area (Å²) in [5, 5.41) is 4.07. The number of nitrogens with one attached hydrogen (secondary N) is 1. The molecule has 0 radical (unpaired) electrons. The molecule has 3 heterocycles. The second kappa shape index (κ2) is 10.6. The van der Waals surface area contributed by atoms with E-state index in [1.54, 1.807) is 24.4 Å². The summed E-state index contributed by atoms with van der Waals surface area (Å²) in [6.07, 6.45) is 13.7. The molecule has 1 N–H and O–H groups in total. The lowest BCUT2D eigenvalue weighted by atomic mass is 10.1. The first-order valence-corrected chi connectivity index (χ1v) is 11.0. The summed E-state index contributed by atoms with van der Waals surface area (Å²) in [6.45, 7) is 1.96. The molecule has 2 aromatic rings. The van der Waals surface area contributed by atoms with Gasteiger partial charge in [0.2, 0.25) is 5.91 Å². The van der Waals surface area contributed by atoms with Crippen LogP contribution in [0.2, 0.25) is 0 Å². The molecule has 0 unspecified atom stereocenters. The molecule has 1 fully saturated rings. The van der Waals surface area contributed by atoms with Gasteiger partial charge in [-0.25, -0.2) is 4.79 Å². The molecule has 1 saturated heterocycles. The molecular formula is C25H24N4O5. The van der Waals surface area contributed by atoms with Crippen LogP contribution in [0.4, 0.5) is 0 Å². The van der Waals surface area contributed by atoms with E-state index in [4.69, 9.17) is 4.84 Å². The number of pyridine rings is 1. The molecule has 0 bridgehead atoms. The van der Waals surface area contributed by atoms with Crippen molar-refractivity contribution in [3.63, 3.8) is 0 Å². The van der Waals surface area contributed by atoms with E-state index in [0.29, 0.717) is 34.6 Å². The number of carbonyl (C=O) groups excluding carboxylic acids is 4. The number of benzene rings is 1. The maximum Gasteiger partial charge on any atom is 0.363 e. The van der Waals surface area contributed by atoms with Crippen molar-refractivity contribution in [1.29, 1.82) is 0 Å². The number of carbonyl (C=O) groups is 4. The molecule has 9 nitrogen and oxygen atoms in total. The topological polar surface area (TPSA) is 109 Å². The molecule has 3 amide bonds. The number of nitrogens with zero attached hydrogens (tertiary/aromatic N) is 3. The Kier molecular flexibility index (Phi) is 7.12. The van der Waals surface area contributed by atoms with Crippen LogP contribution in [0, 0.1) is 0 Å². The maximum atomic E-state index is 12.4. The molecule has 174 valence electrons. The van der Waals surface area contributed by atoms with Crippen LogP contribution < -0.4 is 5.32 Å². The van der Waals surface area contributed by atoms with Crippen LogP contribution >= 0.6 is 0 Å². The van der Waals surface area contributed by atoms with E-state index in [0.717, 1.165) is 6.54 Å². The highest BCUT2D eigenvalue weighted by atomic mass is 16.7. The van der Waals surface area contributed by atoms with Crippen molar-refractivity contribution in [2.45, 2.75) is 19.3 Å². The molecule has 4 rings (SSSR count). The fraction of sp³-hybridized carbons (Fsp3) is 0.240. The van der Waals surface area contributed by atoms with Crippen molar-refractivity contribution >= 4 is 34.6 Å². The number of hydrogen-bond acceptors (Lipinski definition) is 7. The fourth-order valence-electron chi connectivity index (χ4n) is 3.58. The largest absolute Gasteiger partial charge is 0.372 e. The van der Waals surface area contributed by atoms with Gasteiger partial charge < -0.3 is 15.1 Å². The van der Waals surface area contributed by atoms with E-state index in [9.17, 15) is 19.2 Å². The zero-order chi connectivity index (χ0) is 23.9. The Morgan fingerprint density at radius 2 is 1.82 bits per heavy atom. The molecule has 1 aromatic carbocycles. The van der Waals surface area contributed by atoms with Gasteiger partial charge in [0, 0.05) is 44.1 Å². The standard InChI is InChI=1S/C25H24N4O5/c30-22(26-10-13-28-11-4-2-1-3-5-12-28)15-18-14-20-16-19(6-7-21(20)27-17-18)25(33)34-29-23(31)8-9-24(29)32/h1-7,11,14,16-17H,8-10,12-13,15H2,(H,26,30)/b2-1-,5-3-,11-4-. The summed E-state index contributed by atoms with van der Waals surface area (Å²) in [4.78, 5) is 59.6. The van der Waals surface area contributed by atoms with Crippen LogP contribution in [0.1, 0.15) is 28.8 Å². The van der Waals surface area contributed by atoms with Crippen molar-refractivity contribution in [3.8, 4) is 0 Å². The minimum atomic E-state index is -0.808. The Labute approximate surface area is 196 Å². The van der Waals surface area contributed by atoms with Crippen molar-refractivity contribution < 1.29 is 24.0 Å². The Hall–Kier alpha value is -4.27. The molecule has 1 aromatic heterocycles. The second-order valence-corrected chi connectivity index (χ2v) is 7.89. The van der Waals surface area contributed by atoms with Crippen molar-refractivity contribution in [3.05, 3.63) is 78.2 Å². The molecule has 0 aliphatic carbocycles. The summed E-state index contributed by atoms with van der Waals surface area (Å²) in [7, 11) is 0.